The molecule has 32 heavy (non-hydrogen) atoms. The van der Waals surface area contributed by atoms with Crippen LogP contribution < -0.4 is 33.7 Å². The minimum Gasteiger partial charge on any atom is -0.803 e. The van der Waals surface area contributed by atoms with E-state index in [1.165, 1.54) is 18.3 Å². The van der Waals surface area contributed by atoms with Crippen LogP contribution in [0.1, 0.15) is 36.1 Å². The third kappa shape index (κ3) is 7.52. The topological polar surface area (TPSA) is 82.8 Å². The number of ether oxygens (including phenoxy) is 2. The second-order valence-electron chi connectivity index (χ2n) is 6.66. The van der Waals surface area contributed by atoms with Crippen LogP contribution in [0.25, 0.3) is 5.41 Å². The van der Waals surface area contributed by atoms with Crippen molar-refractivity contribution < 1.29 is 33.1 Å². The van der Waals surface area contributed by atoms with Crippen LogP contribution in [-0.4, -0.2) is 30.8 Å². The number of hydrogen-bond acceptors (Lipinski definition) is 5. The first-order valence-electron chi connectivity index (χ1n) is 9.64. The summed E-state index contributed by atoms with van der Waals surface area (Å²) in [6.07, 6.45) is 4.41. The molecular formula is C24H26LiN3O3S-2. The summed E-state index contributed by atoms with van der Waals surface area (Å²) in [5.74, 6) is 1.05. The summed E-state index contributed by atoms with van der Waals surface area (Å²) in [6, 6.07) is 9.07. The van der Waals surface area contributed by atoms with Crippen LogP contribution in [0.15, 0.2) is 41.9 Å². The number of carbonyl (C=O) groups excluding carboxylic acids is 1. The van der Waals surface area contributed by atoms with E-state index in [0.29, 0.717) is 29.0 Å². The van der Waals surface area contributed by atoms with Crippen molar-refractivity contribution in [3.8, 4) is 11.5 Å². The van der Waals surface area contributed by atoms with Crippen molar-refractivity contribution >= 4 is 28.6 Å². The molecule has 0 saturated heterocycles. The first-order chi connectivity index (χ1) is 14.9. The molecule has 0 radical (unpaired) electrons. The molecule has 164 valence electrons. The van der Waals surface area contributed by atoms with Crippen LogP contribution in [0.3, 0.4) is 0 Å². The number of nitrogens with one attached hydrogen (secondary N) is 1. The quantitative estimate of drug-likeness (QED) is 0.344. The van der Waals surface area contributed by atoms with Gasteiger partial charge in [-0.3, -0.25) is 16.1 Å². The Morgan fingerprint density at radius 2 is 1.91 bits per heavy atom. The number of hydrogen-bond donors (Lipinski definition) is 1. The van der Waals surface area contributed by atoms with Crippen LogP contribution in [0, 0.1) is 18.9 Å². The molecule has 0 unspecified atom stereocenters. The van der Waals surface area contributed by atoms with E-state index < -0.39 is 0 Å². The largest absolute Gasteiger partial charge is 1.00 e. The van der Waals surface area contributed by atoms with E-state index in [0.717, 1.165) is 16.8 Å². The maximum atomic E-state index is 11.3. The van der Waals surface area contributed by atoms with Crippen molar-refractivity contribution in [3.05, 3.63) is 81.5 Å². The van der Waals surface area contributed by atoms with Crippen molar-refractivity contribution in [2.75, 3.05) is 19.5 Å². The molecule has 1 amide bonds. The van der Waals surface area contributed by atoms with Crippen molar-refractivity contribution in [2.45, 2.75) is 27.2 Å². The molecule has 0 bridgehead atoms. The Kier molecular flexibility index (Phi) is 11.8. The van der Waals surface area contributed by atoms with Crippen molar-refractivity contribution in [1.29, 1.82) is 0 Å². The maximum absolute atomic E-state index is 11.3. The summed E-state index contributed by atoms with van der Waals surface area (Å²) < 4.78 is 10.7. The first-order valence-corrected chi connectivity index (χ1v) is 10.5. The zero-order valence-corrected chi connectivity index (χ0v) is 20.2. The summed E-state index contributed by atoms with van der Waals surface area (Å²) in [4.78, 5) is 14.9. The van der Waals surface area contributed by atoms with Gasteiger partial charge in [0.25, 0.3) is 0 Å². The van der Waals surface area contributed by atoms with Gasteiger partial charge < -0.3 is 31.6 Å². The predicted molar refractivity (Wildman–Crippen MR) is 126 cm³/mol. The smallest absolute Gasteiger partial charge is 0.803 e. The molecule has 2 aromatic carbocycles. The van der Waals surface area contributed by atoms with Crippen LogP contribution in [0.5, 0.6) is 11.5 Å². The van der Waals surface area contributed by atoms with Crippen LogP contribution in [-0.2, 0) is 11.2 Å². The molecule has 3 rings (SSSR count). The number of anilines is 1. The van der Waals surface area contributed by atoms with Gasteiger partial charge in [0.05, 0.1) is 14.2 Å². The molecule has 1 aromatic heterocycles. The van der Waals surface area contributed by atoms with Gasteiger partial charge in [-0.15, -0.1) is 17.3 Å². The average molecular weight is 443 g/mol. The summed E-state index contributed by atoms with van der Waals surface area (Å²) in [5, 5.41) is 15.5. The van der Waals surface area contributed by atoms with Gasteiger partial charge in [0.15, 0.2) is 11.5 Å². The third-order valence-corrected chi connectivity index (χ3v) is 4.88. The van der Waals surface area contributed by atoms with Gasteiger partial charge in [0, 0.05) is 12.6 Å². The van der Waals surface area contributed by atoms with Gasteiger partial charge in [0.2, 0.25) is 5.91 Å². The molecule has 0 atom stereocenters. The molecule has 1 N–H and O–H groups in total. The molecule has 1 heterocycles. The van der Waals surface area contributed by atoms with Gasteiger partial charge in [-0.05, 0) is 47.3 Å². The molecule has 0 aliphatic rings. The molecular weight excluding hydrogens is 417 g/mol. The number of aromatic nitrogens is 1. The molecule has 0 spiro atoms. The van der Waals surface area contributed by atoms with E-state index in [9.17, 15) is 10.2 Å². The number of thiazole rings is 1. The van der Waals surface area contributed by atoms with Crippen LogP contribution in [0.4, 0.5) is 5.69 Å². The van der Waals surface area contributed by atoms with Gasteiger partial charge in [-0.2, -0.15) is 13.3 Å². The fourth-order valence-corrected chi connectivity index (χ4v) is 3.28. The van der Waals surface area contributed by atoms with Crippen molar-refractivity contribution in [3.63, 3.8) is 0 Å². The molecule has 0 saturated carbocycles. The Hall–Kier alpha value is -2.59. The van der Waals surface area contributed by atoms with Gasteiger partial charge in [-0.25, -0.2) is 0 Å². The third-order valence-electron chi connectivity index (χ3n) is 4.41. The monoisotopic (exact) mass is 443 g/mol. The van der Waals surface area contributed by atoms with E-state index >= 15 is 0 Å². The van der Waals surface area contributed by atoms with Crippen molar-refractivity contribution in [2.24, 2.45) is 0 Å². The number of aryl methyl sites for hydroxylation is 1. The Labute approximate surface area is 206 Å². The summed E-state index contributed by atoms with van der Waals surface area (Å²) in [6.45, 7) is 5.31. The zero-order chi connectivity index (χ0) is 22.8. The number of benzene rings is 2. The fraction of sp³-hybridized carbons (Fsp3) is 0.250. The van der Waals surface area contributed by atoms with Crippen molar-refractivity contribution in [1.82, 2.24) is 4.98 Å². The van der Waals surface area contributed by atoms with E-state index in [1.54, 1.807) is 38.6 Å². The molecule has 6 nitrogen and oxygen atoms in total. The minimum absolute atomic E-state index is 0. The second-order valence-corrected chi connectivity index (χ2v) is 7.35. The Morgan fingerprint density at radius 3 is 2.38 bits per heavy atom. The minimum atomic E-state index is -0.130. The number of methoxy groups -OCH3 is 2. The standard InChI is InChI=1S/C21H24N2O3.C3H2NS.Li/c1-6-7-15-11-19(25-4)20(26-5)12-17(15)21(22)16-8-9-18(13(2)10-16)23-14(3)24;1-2-5-3-4-1;/h6,8-12H,7H2,1-5H3,(H,23,24);1-2H;/q-2;-1;+1. The van der Waals surface area contributed by atoms with Crippen LogP contribution >= 0.6 is 11.3 Å². The van der Waals surface area contributed by atoms with Gasteiger partial charge in [0.1, 0.15) is 0 Å². The summed E-state index contributed by atoms with van der Waals surface area (Å²) >= 11 is 1.48. The summed E-state index contributed by atoms with van der Waals surface area (Å²) in [7, 11) is 3.15. The Morgan fingerprint density at radius 1 is 1.22 bits per heavy atom. The summed E-state index contributed by atoms with van der Waals surface area (Å²) in [5.41, 5.74) is 6.69. The Balaban J connectivity index is 0.000000750. The molecule has 0 fully saturated rings. The van der Waals surface area contributed by atoms with Crippen LogP contribution in [0.2, 0.25) is 0 Å². The fourth-order valence-electron chi connectivity index (χ4n) is 2.98. The molecule has 0 aliphatic heterocycles. The number of rotatable bonds is 7. The zero-order valence-electron chi connectivity index (χ0n) is 19.4. The average Bonchev–Trinajstić information content (AvgIpc) is 3.34. The normalized spacial score (nSPS) is 9.66. The number of nitrogens with zero attached hydrogens (tertiary/aromatic N) is 2. The van der Waals surface area contributed by atoms with E-state index in [-0.39, 0.29) is 30.5 Å². The SMILES string of the molecule is C[CH-]Cc1cc(OC)c(OC)cc1C(=[N-])c1ccc(NC(C)=O)c(C)c1.[Li+].[c-]1nccs1. The Bertz CT molecular complexity index is 1010. The molecule has 3 aromatic rings. The number of amides is 1. The molecule has 0 aliphatic carbocycles. The number of carbonyl (C=O) groups is 1. The second kappa shape index (κ2) is 13.7. The van der Waals surface area contributed by atoms with E-state index in [1.807, 2.05) is 37.8 Å². The van der Waals surface area contributed by atoms with Gasteiger partial charge >= 0.3 is 18.9 Å². The van der Waals surface area contributed by atoms with E-state index in [4.69, 9.17) is 9.47 Å². The molecule has 8 heteroatoms. The maximum Gasteiger partial charge on any atom is 1.00 e. The first kappa shape index (κ1) is 27.4. The van der Waals surface area contributed by atoms with E-state index in [2.05, 4.69) is 15.8 Å². The van der Waals surface area contributed by atoms with Gasteiger partial charge in [-0.1, -0.05) is 17.7 Å². The predicted octanol–water partition coefficient (Wildman–Crippen LogP) is 2.09.